The second kappa shape index (κ2) is 10.7. The van der Waals surface area contributed by atoms with E-state index in [-0.39, 0.29) is 16.5 Å². The van der Waals surface area contributed by atoms with Crippen molar-refractivity contribution in [2.24, 2.45) is 4.99 Å². The van der Waals surface area contributed by atoms with Crippen LogP contribution in [-0.2, 0) is 4.79 Å². The van der Waals surface area contributed by atoms with E-state index in [1.807, 2.05) is 30.3 Å². The SMILES string of the molecule is Cc1cc(N=C2NC(=O)/C(=C/c3ccc(Sc4cccc5cccnc45)c([N+](=O)[O-])c3)S2)cc([N+](=O)[O-])c1C. The predicted octanol–water partition coefficient (Wildman–Crippen LogP) is 6.71. The van der Waals surface area contributed by atoms with Crippen molar-refractivity contribution in [2.75, 3.05) is 0 Å². The molecule has 1 aliphatic rings. The standard InChI is InChI=1S/C27H19N5O5S2/c1-15-11-19(14-20(16(15)2)31(34)35)29-27-30-26(33)24(39-27)13-17-8-9-22(21(12-17)32(36)37)38-23-7-3-5-18-6-4-10-28-25(18)23/h3-14H,1-2H3,(H,29,30,33)/b24-13-. The highest BCUT2D eigenvalue weighted by Gasteiger charge is 2.25. The lowest BCUT2D eigenvalue weighted by Gasteiger charge is -2.07. The Hall–Kier alpha value is -4.55. The molecule has 0 radical (unpaired) electrons. The largest absolute Gasteiger partial charge is 0.300 e. The van der Waals surface area contributed by atoms with Gasteiger partial charge in [-0.1, -0.05) is 36.0 Å². The molecule has 1 saturated heterocycles. The number of aliphatic imine (C=N–C) groups is 1. The second-order valence-corrected chi connectivity index (χ2v) is 10.7. The molecule has 1 aromatic heterocycles. The zero-order valence-corrected chi connectivity index (χ0v) is 22.2. The first-order valence-corrected chi connectivity index (χ1v) is 13.2. The van der Waals surface area contributed by atoms with Gasteiger partial charge in [0, 0.05) is 34.2 Å². The number of carbonyl (C=O) groups excluding carboxylic acids is 1. The Morgan fingerprint density at radius 3 is 2.51 bits per heavy atom. The zero-order valence-electron chi connectivity index (χ0n) is 20.6. The van der Waals surface area contributed by atoms with Crippen molar-refractivity contribution in [3.63, 3.8) is 0 Å². The van der Waals surface area contributed by atoms with Crippen molar-refractivity contribution in [2.45, 2.75) is 23.6 Å². The number of carbonyl (C=O) groups is 1. The number of hydrogen-bond acceptors (Lipinski definition) is 9. The number of thioether (sulfide) groups is 1. The number of benzene rings is 3. The van der Waals surface area contributed by atoms with Crippen molar-refractivity contribution in [3.8, 4) is 0 Å². The molecule has 0 aliphatic carbocycles. The number of amides is 1. The maximum Gasteiger partial charge on any atom is 0.283 e. The Labute approximate surface area is 230 Å². The molecule has 1 fully saturated rings. The number of nitrogens with zero attached hydrogens (tertiary/aromatic N) is 4. The Morgan fingerprint density at radius 2 is 1.74 bits per heavy atom. The number of para-hydroxylation sites is 1. The summed E-state index contributed by atoms with van der Waals surface area (Å²) in [5, 5.41) is 27.1. The summed E-state index contributed by atoms with van der Waals surface area (Å²) >= 11 is 2.31. The van der Waals surface area contributed by atoms with Gasteiger partial charge in [-0.3, -0.25) is 30.0 Å². The molecular weight excluding hydrogens is 538 g/mol. The maximum atomic E-state index is 12.6. The fraction of sp³-hybridized carbons (Fsp3) is 0.0741. The normalized spacial score (nSPS) is 15.2. The molecule has 0 unspecified atom stereocenters. The zero-order chi connectivity index (χ0) is 27.7. The minimum Gasteiger partial charge on any atom is -0.300 e. The summed E-state index contributed by atoms with van der Waals surface area (Å²) in [6.45, 7) is 3.42. The smallest absolute Gasteiger partial charge is 0.283 e. The van der Waals surface area contributed by atoms with E-state index in [9.17, 15) is 25.0 Å². The highest BCUT2D eigenvalue weighted by Crippen LogP contribution is 2.39. The van der Waals surface area contributed by atoms with Gasteiger partial charge < -0.3 is 5.32 Å². The Kier molecular flexibility index (Phi) is 7.13. The van der Waals surface area contributed by atoms with E-state index >= 15 is 0 Å². The summed E-state index contributed by atoms with van der Waals surface area (Å²) in [6.07, 6.45) is 3.23. The monoisotopic (exact) mass is 557 g/mol. The molecule has 39 heavy (non-hydrogen) atoms. The van der Waals surface area contributed by atoms with Gasteiger partial charge in [-0.15, -0.1) is 0 Å². The number of nitro benzene ring substituents is 2. The van der Waals surface area contributed by atoms with E-state index in [1.165, 1.54) is 23.9 Å². The van der Waals surface area contributed by atoms with E-state index in [4.69, 9.17) is 0 Å². The Bertz CT molecular complexity index is 1750. The average Bonchev–Trinajstić information content (AvgIpc) is 3.24. The summed E-state index contributed by atoms with van der Waals surface area (Å²) in [6, 6.07) is 17.3. The molecular formula is C27H19N5O5S2. The van der Waals surface area contributed by atoms with E-state index < -0.39 is 15.8 Å². The van der Waals surface area contributed by atoms with Crippen LogP contribution in [0.5, 0.6) is 0 Å². The van der Waals surface area contributed by atoms with Crippen LogP contribution in [0.2, 0.25) is 0 Å². The van der Waals surface area contributed by atoms with Crippen molar-refractivity contribution >= 4 is 68.6 Å². The van der Waals surface area contributed by atoms with Crippen LogP contribution < -0.4 is 5.32 Å². The van der Waals surface area contributed by atoms with E-state index in [1.54, 1.807) is 44.3 Å². The van der Waals surface area contributed by atoms with Crippen LogP contribution in [-0.4, -0.2) is 25.9 Å². The summed E-state index contributed by atoms with van der Waals surface area (Å²) in [5.74, 6) is -0.417. The first kappa shape index (κ1) is 26.1. The van der Waals surface area contributed by atoms with Gasteiger partial charge in [0.1, 0.15) is 0 Å². The van der Waals surface area contributed by atoms with Crippen molar-refractivity contribution in [1.82, 2.24) is 10.3 Å². The molecule has 0 spiro atoms. The number of rotatable bonds is 6. The van der Waals surface area contributed by atoms with Crippen molar-refractivity contribution in [3.05, 3.63) is 109 Å². The van der Waals surface area contributed by atoms with Gasteiger partial charge in [0.2, 0.25) is 0 Å². The van der Waals surface area contributed by atoms with Gasteiger partial charge in [0.25, 0.3) is 17.3 Å². The molecule has 2 heterocycles. The maximum absolute atomic E-state index is 12.6. The molecule has 10 nitrogen and oxygen atoms in total. The summed E-state index contributed by atoms with van der Waals surface area (Å²) in [4.78, 5) is 45.2. The van der Waals surface area contributed by atoms with Crippen LogP contribution >= 0.6 is 23.5 Å². The predicted molar refractivity (Wildman–Crippen MR) is 152 cm³/mol. The molecule has 0 saturated carbocycles. The minimum atomic E-state index is -0.469. The van der Waals surface area contributed by atoms with Gasteiger partial charge in [0.15, 0.2) is 5.17 Å². The average molecular weight is 558 g/mol. The third kappa shape index (κ3) is 5.52. The van der Waals surface area contributed by atoms with E-state index in [0.29, 0.717) is 32.2 Å². The van der Waals surface area contributed by atoms with Gasteiger partial charge in [-0.25, -0.2) is 4.99 Å². The molecule has 1 N–H and O–H groups in total. The van der Waals surface area contributed by atoms with Crippen LogP contribution in [0, 0.1) is 34.1 Å². The van der Waals surface area contributed by atoms with Gasteiger partial charge in [-0.2, -0.15) is 0 Å². The molecule has 3 aromatic carbocycles. The van der Waals surface area contributed by atoms with Gasteiger partial charge >= 0.3 is 0 Å². The molecule has 1 aliphatic heterocycles. The van der Waals surface area contributed by atoms with Crippen LogP contribution in [0.3, 0.4) is 0 Å². The molecule has 0 atom stereocenters. The number of nitrogens with one attached hydrogen (secondary N) is 1. The Balaban J connectivity index is 1.42. The first-order valence-electron chi connectivity index (χ1n) is 11.5. The molecule has 12 heteroatoms. The van der Waals surface area contributed by atoms with Gasteiger partial charge in [-0.05, 0) is 67.1 Å². The van der Waals surface area contributed by atoms with Crippen LogP contribution in [0.4, 0.5) is 17.1 Å². The number of amidine groups is 1. The van der Waals surface area contributed by atoms with E-state index in [0.717, 1.165) is 27.6 Å². The molecule has 194 valence electrons. The van der Waals surface area contributed by atoms with Crippen LogP contribution in [0.15, 0.2) is 86.5 Å². The number of nitro groups is 2. The minimum absolute atomic E-state index is 0.0519. The fourth-order valence-electron chi connectivity index (χ4n) is 3.96. The van der Waals surface area contributed by atoms with Crippen molar-refractivity contribution < 1.29 is 14.6 Å². The topological polar surface area (TPSA) is 141 Å². The Morgan fingerprint density at radius 1 is 0.974 bits per heavy atom. The number of fused-ring (bicyclic) bond motifs is 1. The van der Waals surface area contributed by atoms with Gasteiger partial charge in [0.05, 0.1) is 30.9 Å². The first-order chi connectivity index (χ1) is 18.7. The van der Waals surface area contributed by atoms with Crippen LogP contribution in [0.25, 0.3) is 17.0 Å². The van der Waals surface area contributed by atoms with Crippen molar-refractivity contribution in [1.29, 1.82) is 0 Å². The lowest BCUT2D eigenvalue weighted by Crippen LogP contribution is -2.19. The lowest BCUT2D eigenvalue weighted by atomic mass is 10.1. The quantitative estimate of drug-likeness (QED) is 0.157. The number of hydrogen-bond donors (Lipinski definition) is 1. The second-order valence-electron chi connectivity index (χ2n) is 8.56. The highest BCUT2D eigenvalue weighted by molar-refractivity contribution is 8.18. The van der Waals surface area contributed by atoms with E-state index in [2.05, 4.69) is 15.3 Å². The van der Waals surface area contributed by atoms with Crippen LogP contribution in [0.1, 0.15) is 16.7 Å². The number of pyridine rings is 1. The number of aryl methyl sites for hydroxylation is 1. The highest BCUT2D eigenvalue weighted by atomic mass is 32.2. The molecule has 1 amide bonds. The third-order valence-corrected chi connectivity index (χ3v) is 8.02. The summed E-state index contributed by atoms with van der Waals surface area (Å²) < 4.78 is 0. The third-order valence-electron chi connectivity index (χ3n) is 6.00. The lowest BCUT2D eigenvalue weighted by molar-refractivity contribution is -0.387. The fourth-order valence-corrected chi connectivity index (χ4v) is 5.82. The summed E-state index contributed by atoms with van der Waals surface area (Å²) in [5.41, 5.74) is 2.68. The molecule has 5 rings (SSSR count). The number of aromatic nitrogens is 1. The molecule has 0 bridgehead atoms. The summed E-state index contributed by atoms with van der Waals surface area (Å²) in [7, 11) is 0. The molecule has 4 aromatic rings.